The number of halogens is 2. The van der Waals surface area contributed by atoms with Gasteiger partial charge < -0.3 is 4.74 Å². The summed E-state index contributed by atoms with van der Waals surface area (Å²) in [6.07, 6.45) is 0. The Morgan fingerprint density at radius 2 is 2.07 bits per heavy atom. The predicted octanol–water partition coefficient (Wildman–Crippen LogP) is 4.14. The smallest absolute Gasteiger partial charge is 0.172 e. The van der Waals surface area contributed by atoms with E-state index in [0.717, 1.165) is 9.86 Å². The Bertz CT molecular complexity index is 496. The lowest BCUT2D eigenvalue weighted by Gasteiger charge is -2.07. The van der Waals surface area contributed by atoms with Crippen LogP contribution in [-0.4, -0.2) is 6.61 Å². The normalized spacial score (nSPS) is 10.6. The minimum absolute atomic E-state index is 0.290. The number of hydrogen-bond donors (Lipinski definition) is 0. The van der Waals surface area contributed by atoms with Crippen LogP contribution in [0, 0.1) is 5.82 Å². The van der Waals surface area contributed by atoms with E-state index in [-0.39, 0.29) is 5.82 Å². The molecule has 0 aliphatic heterocycles. The Morgan fingerprint density at radius 1 is 1.27 bits per heavy atom. The third-order valence-corrected chi connectivity index (χ3v) is 2.67. The summed E-state index contributed by atoms with van der Waals surface area (Å²) < 4.78 is 20.0. The molecule has 0 bridgehead atoms. The van der Waals surface area contributed by atoms with Gasteiger partial charge in [-0.1, -0.05) is 28.1 Å². The second-order valence-corrected chi connectivity index (χ2v) is 4.09. The lowest BCUT2D eigenvalue weighted by atomic mass is 10.1. The standard InChI is InChI=1S/C12H10BrFO/c1-2-15-11-6-3-8-7-9(13)4-5-10(8)12(11)14/h3-7H,2H2,1H3. The zero-order valence-electron chi connectivity index (χ0n) is 8.26. The molecule has 2 aromatic rings. The first-order valence-corrected chi connectivity index (χ1v) is 5.52. The molecule has 0 N–H and O–H groups in total. The molecular weight excluding hydrogens is 259 g/mol. The van der Waals surface area contributed by atoms with Gasteiger partial charge in [-0.15, -0.1) is 0 Å². The average Bonchev–Trinajstić information content (AvgIpc) is 2.22. The van der Waals surface area contributed by atoms with Crippen LogP contribution in [0.1, 0.15) is 6.92 Å². The van der Waals surface area contributed by atoms with Crippen LogP contribution in [0.3, 0.4) is 0 Å². The van der Waals surface area contributed by atoms with E-state index >= 15 is 0 Å². The van der Waals surface area contributed by atoms with Gasteiger partial charge in [-0.25, -0.2) is 4.39 Å². The highest BCUT2D eigenvalue weighted by molar-refractivity contribution is 9.10. The molecule has 15 heavy (non-hydrogen) atoms. The van der Waals surface area contributed by atoms with Crippen molar-refractivity contribution in [3.63, 3.8) is 0 Å². The summed E-state index contributed by atoms with van der Waals surface area (Å²) in [5, 5.41) is 1.45. The molecule has 0 atom stereocenters. The largest absolute Gasteiger partial charge is 0.491 e. The van der Waals surface area contributed by atoms with Gasteiger partial charge in [0.15, 0.2) is 11.6 Å². The van der Waals surface area contributed by atoms with Gasteiger partial charge in [0.25, 0.3) is 0 Å². The molecule has 2 rings (SSSR count). The molecule has 1 nitrogen and oxygen atoms in total. The minimum Gasteiger partial charge on any atom is -0.491 e. The molecule has 2 aromatic carbocycles. The van der Waals surface area contributed by atoms with E-state index in [1.807, 2.05) is 25.1 Å². The zero-order chi connectivity index (χ0) is 10.8. The van der Waals surface area contributed by atoms with Crippen LogP contribution >= 0.6 is 15.9 Å². The van der Waals surface area contributed by atoms with Crippen LogP contribution in [0.4, 0.5) is 4.39 Å². The molecule has 0 radical (unpaired) electrons. The third-order valence-electron chi connectivity index (χ3n) is 2.18. The SMILES string of the molecule is CCOc1ccc2cc(Br)ccc2c1F. The van der Waals surface area contributed by atoms with Crippen molar-refractivity contribution in [2.75, 3.05) is 6.61 Å². The Labute approximate surface area is 96.0 Å². The van der Waals surface area contributed by atoms with Gasteiger partial charge in [-0.05, 0) is 30.5 Å². The Kier molecular flexibility index (Phi) is 2.91. The molecule has 0 aliphatic rings. The number of benzene rings is 2. The first-order chi connectivity index (χ1) is 7.22. The maximum Gasteiger partial charge on any atom is 0.172 e. The maximum atomic E-state index is 13.8. The molecule has 0 unspecified atom stereocenters. The number of fused-ring (bicyclic) bond motifs is 1. The van der Waals surface area contributed by atoms with Crippen LogP contribution in [-0.2, 0) is 0 Å². The van der Waals surface area contributed by atoms with E-state index in [9.17, 15) is 4.39 Å². The van der Waals surface area contributed by atoms with Crippen molar-refractivity contribution in [3.8, 4) is 5.75 Å². The first-order valence-electron chi connectivity index (χ1n) is 4.73. The number of hydrogen-bond acceptors (Lipinski definition) is 1. The van der Waals surface area contributed by atoms with E-state index in [4.69, 9.17) is 4.74 Å². The molecule has 0 spiro atoms. The maximum absolute atomic E-state index is 13.8. The van der Waals surface area contributed by atoms with Gasteiger partial charge >= 0.3 is 0 Å². The fourth-order valence-electron chi connectivity index (χ4n) is 1.51. The molecule has 0 aliphatic carbocycles. The summed E-state index contributed by atoms with van der Waals surface area (Å²) >= 11 is 3.35. The predicted molar refractivity (Wildman–Crippen MR) is 62.8 cm³/mol. The van der Waals surface area contributed by atoms with Gasteiger partial charge in [-0.2, -0.15) is 0 Å². The summed E-state index contributed by atoms with van der Waals surface area (Å²) in [5.41, 5.74) is 0. The lowest BCUT2D eigenvalue weighted by Crippen LogP contribution is -1.94. The Morgan fingerprint density at radius 3 is 2.80 bits per heavy atom. The van der Waals surface area contributed by atoms with Crippen molar-refractivity contribution in [3.05, 3.63) is 40.6 Å². The van der Waals surface area contributed by atoms with Crippen molar-refractivity contribution >= 4 is 26.7 Å². The molecule has 0 fully saturated rings. The molecule has 0 amide bonds. The topological polar surface area (TPSA) is 9.23 Å². The van der Waals surface area contributed by atoms with E-state index in [1.54, 1.807) is 12.1 Å². The van der Waals surface area contributed by atoms with E-state index in [0.29, 0.717) is 17.7 Å². The van der Waals surface area contributed by atoms with Gasteiger partial charge in [0.05, 0.1) is 6.61 Å². The average molecular weight is 269 g/mol. The highest BCUT2D eigenvalue weighted by atomic mass is 79.9. The molecule has 0 saturated heterocycles. The first kappa shape index (κ1) is 10.4. The van der Waals surface area contributed by atoms with Crippen molar-refractivity contribution in [2.24, 2.45) is 0 Å². The Balaban J connectivity index is 2.63. The quantitative estimate of drug-likeness (QED) is 0.796. The molecule has 0 saturated carbocycles. The second kappa shape index (κ2) is 4.19. The van der Waals surface area contributed by atoms with Gasteiger partial charge in [0.2, 0.25) is 0 Å². The number of ether oxygens (including phenoxy) is 1. The summed E-state index contributed by atoms with van der Waals surface area (Å²) in [6, 6.07) is 8.97. The monoisotopic (exact) mass is 268 g/mol. The van der Waals surface area contributed by atoms with Gasteiger partial charge in [-0.3, -0.25) is 0 Å². The molecule has 0 heterocycles. The summed E-state index contributed by atoms with van der Waals surface area (Å²) in [7, 11) is 0. The summed E-state index contributed by atoms with van der Waals surface area (Å²) in [6.45, 7) is 2.31. The molecular formula is C12H10BrFO. The van der Waals surface area contributed by atoms with Gasteiger partial charge in [0.1, 0.15) is 0 Å². The fraction of sp³-hybridized carbons (Fsp3) is 0.167. The zero-order valence-corrected chi connectivity index (χ0v) is 9.84. The van der Waals surface area contributed by atoms with Crippen LogP contribution in [0.25, 0.3) is 10.8 Å². The van der Waals surface area contributed by atoms with Crippen LogP contribution in [0.2, 0.25) is 0 Å². The summed E-state index contributed by atoms with van der Waals surface area (Å²) in [5.74, 6) is 0.0224. The van der Waals surface area contributed by atoms with Crippen LogP contribution in [0.5, 0.6) is 5.75 Å². The number of rotatable bonds is 2. The van der Waals surface area contributed by atoms with E-state index in [1.165, 1.54) is 0 Å². The van der Waals surface area contributed by atoms with Crippen molar-refractivity contribution in [2.45, 2.75) is 6.92 Å². The van der Waals surface area contributed by atoms with Crippen LogP contribution < -0.4 is 4.74 Å². The fourth-order valence-corrected chi connectivity index (χ4v) is 1.89. The van der Waals surface area contributed by atoms with Crippen molar-refractivity contribution in [1.29, 1.82) is 0 Å². The molecule has 78 valence electrons. The highest BCUT2D eigenvalue weighted by Gasteiger charge is 2.07. The Hall–Kier alpha value is -1.09. The van der Waals surface area contributed by atoms with Crippen molar-refractivity contribution in [1.82, 2.24) is 0 Å². The minimum atomic E-state index is -0.290. The lowest BCUT2D eigenvalue weighted by molar-refractivity contribution is 0.323. The second-order valence-electron chi connectivity index (χ2n) is 3.18. The van der Waals surface area contributed by atoms with E-state index in [2.05, 4.69) is 15.9 Å². The van der Waals surface area contributed by atoms with Crippen molar-refractivity contribution < 1.29 is 9.13 Å². The summed E-state index contributed by atoms with van der Waals surface area (Å²) in [4.78, 5) is 0. The van der Waals surface area contributed by atoms with Crippen LogP contribution in [0.15, 0.2) is 34.8 Å². The molecule has 3 heteroatoms. The third kappa shape index (κ3) is 1.97. The van der Waals surface area contributed by atoms with E-state index < -0.39 is 0 Å². The van der Waals surface area contributed by atoms with Gasteiger partial charge in [0, 0.05) is 9.86 Å². The molecule has 0 aromatic heterocycles. The highest BCUT2D eigenvalue weighted by Crippen LogP contribution is 2.28.